The maximum Gasteiger partial charge on any atom is 0.311 e. The number of benzene rings is 1. The largest absolute Gasteiger partial charge is 0.469 e. The smallest absolute Gasteiger partial charge is 0.311 e. The number of rotatable bonds is 3. The van der Waals surface area contributed by atoms with Crippen LogP contribution in [-0.2, 0) is 14.3 Å². The van der Waals surface area contributed by atoms with E-state index in [0.29, 0.717) is 12.4 Å². The Bertz CT molecular complexity index is 754. The molecule has 2 aromatic rings. The van der Waals surface area contributed by atoms with Crippen LogP contribution in [0.5, 0.6) is 0 Å². The first kappa shape index (κ1) is 15.7. The first-order valence-electron chi connectivity index (χ1n) is 7.20. The van der Waals surface area contributed by atoms with Crippen molar-refractivity contribution >= 4 is 33.6 Å². The Morgan fingerprint density at radius 3 is 2.74 bits per heavy atom. The van der Waals surface area contributed by atoms with Crippen molar-refractivity contribution in [3.05, 3.63) is 34.4 Å². The van der Waals surface area contributed by atoms with Gasteiger partial charge in [-0.15, -0.1) is 0 Å². The maximum absolute atomic E-state index is 12.3. The highest BCUT2D eigenvalue weighted by Crippen LogP contribution is 2.35. The highest BCUT2D eigenvalue weighted by atomic mass is 79.9. The fourth-order valence-electron chi connectivity index (χ4n) is 2.81. The summed E-state index contributed by atoms with van der Waals surface area (Å²) in [5.74, 6) is -0.368. The van der Waals surface area contributed by atoms with Crippen molar-refractivity contribution in [2.45, 2.75) is 13.3 Å². The molecule has 1 atom stereocenters. The summed E-state index contributed by atoms with van der Waals surface area (Å²) in [4.78, 5) is 25.6. The summed E-state index contributed by atoms with van der Waals surface area (Å²) in [6.45, 7) is 2.20. The number of anilines is 1. The second kappa shape index (κ2) is 6.16. The van der Waals surface area contributed by atoms with E-state index in [4.69, 9.17) is 4.74 Å². The van der Waals surface area contributed by atoms with E-state index in [1.165, 1.54) is 7.11 Å². The molecule has 1 unspecified atom stereocenters. The lowest BCUT2D eigenvalue weighted by molar-refractivity contribution is -0.145. The van der Waals surface area contributed by atoms with Gasteiger partial charge < -0.3 is 4.74 Å². The van der Waals surface area contributed by atoms with Gasteiger partial charge in [0.2, 0.25) is 5.91 Å². The molecule has 0 saturated carbocycles. The van der Waals surface area contributed by atoms with Gasteiger partial charge in [-0.1, -0.05) is 28.1 Å². The van der Waals surface area contributed by atoms with Crippen LogP contribution in [0.4, 0.5) is 5.82 Å². The molecule has 6 nitrogen and oxygen atoms in total. The minimum absolute atomic E-state index is 0.120. The molecule has 1 N–H and O–H groups in total. The summed E-state index contributed by atoms with van der Waals surface area (Å²) < 4.78 is 5.73. The number of hydrogen-bond donors (Lipinski definition) is 1. The van der Waals surface area contributed by atoms with E-state index >= 15 is 0 Å². The highest BCUT2D eigenvalue weighted by Gasteiger charge is 2.38. The van der Waals surface area contributed by atoms with Gasteiger partial charge in [-0.3, -0.25) is 19.6 Å². The lowest BCUT2D eigenvalue weighted by atomic mass is 10.1. The predicted octanol–water partition coefficient (Wildman–Crippen LogP) is 2.67. The normalized spacial score (nSPS) is 17.6. The second-order valence-corrected chi connectivity index (χ2v) is 6.40. The van der Waals surface area contributed by atoms with Crippen molar-refractivity contribution in [2.75, 3.05) is 18.6 Å². The SMILES string of the molecule is COC(=O)C1CC(=O)N(c2n[nH]c(C)c2-c2ccc(Br)cc2)C1. The summed E-state index contributed by atoms with van der Waals surface area (Å²) in [7, 11) is 1.33. The molecule has 1 aliphatic heterocycles. The lowest BCUT2D eigenvalue weighted by Crippen LogP contribution is -2.27. The Morgan fingerprint density at radius 1 is 1.39 bits per heavy atom. The third-order valence-electron chi connectivity index (χ3n) is 3.98. The topological polar surface area (TPSA) is 75.3 Å². The minimum Gasteiger partial charge on any atom is -0.469 e. The average Bonchev–Trinajstić information content (AvgIpc) is 3.10. The Kier molecular flexibility index (Phi) is 4.21. The Balaban J connectivity index is 1.97. The van der Waals surface area contributed by atoms with E-state index in [-0.39, 0.29) is 18.3 Å². The number of carbonyl (C=O) groups excluding carboxylic acids is 2. The molecule has 1 fully saturated rings. The van der Waals surface area contributed by atoms with Crippen molar-refractivity contribution in [3.8, 4) is 11.1 Å². The van der Waals surface area contributed by atoms with Crippen LogP contribution in [0.15, 0.2) is 28.7 Å². The molecule has 3 rings (SSSR count). The van der Waals surface area contributed by atoms with Crippen molar-refractivity contribution in [1.29, 1.82) is 0 Å². The average molecular weight is 378 g/mol. The number of carbonyl (C=O) groups is 2. The number of H-pyrrole nitrogens is 1. The summed E-state index contributed by atoms with van der Waals surface area (Å²) >= 11 is 3.41. The van der Waals surface area contributed by atoms with E-state index in [0.717, 1.165) is 21.3 Å². The first-order valence-corrected chi connectivity index (χ1v) is 7.99. The van der Waals surface area contributed by atoms with Crippen LogP contribution in [0.2, 0.25) is 0 Å². The van der Waals surface area contributed by atoms with E-state index in [2.05, 4.69) is 26.1 Å². The van der Waals surface area contributed by atoms with Crippen LogP contribution in [-0.4, -0.2) is 35.7 Å². The number of amides is 1. The fourth-order valence-corrected chi connectivity index (χ4v) is 3.07. The minimum atomic E-state index is -0.442. The molecule has 0 spiro atoms. The van der Waals surface area contributed by atoms with Crippen LogP contribution in [0.3, 0.4) is 0 Å². The summed E-state index contributed by atoms with van der Waals surface area (Å²) in [6.07, 6.45) is 0.151. The Labute approximate surface area is 141 Å². The van der Waals surface area contributed by atoms with Crippen LogP contribution in [0.25, 0.3) is 11.1 Å². The molecular formula is C16H16BrN3O3. The third kappa shape index (κ3) is 2.88. The summed E-state index contributed by atoms with van der Waals surface area (Å²) in [5.41, 5.74) is 2.71. The number of aromatic amines is 1. The molecule has 1 saturated heterocycles. The zero-order chi connectivity index (χ0) is 16.6. The Morgan fingerprint density at radius 2 is 2.09 bits per heavy atom. The van der Waals surface area contributed by atoms with Crippen LogP contribution >= 0.6 is 15.9 Å². The van der Waals surface area contributed by atoms with Gasteiger partial charge >= 0.3 is 5.97 Å². The van der Waals surface area contributed by atoms with Gasteiger partial charge in [-0.05, 0) is 24.6 Å². The summed E-state index contributed by atoms with van der Waals surface area (Å²) in [6, 6.07) is 7.80. The molecule has 1 aromatic heterocycles. The molecule has 120 valence electrons. The van der Waals surface area contributed by atoms with Gasteiger partial charge in [0, 0.05) is 28.7 Å². The number of ether oxygens (including phenoxy) is 1. The van der Waals surface area contributed by atoms with Crippen molar-refractivity contribution in [3.63, 3.8) is 0 Å². The summed E-state index contributed by atoms with van der Waals surface area (Å²) in [5, 5.41) is 7.22. The van der Waals surface area contributed by atoms with Crippen molar-refractivity contribution < 1.29 is 14.3 Å². The number of halogens is 1. The van der Waals surface area contributed by atoms with Crippen LogP contribution in [0.1, 0.15) is 12.1 Å². The molecule has 0 aliphatic carbocycles. The molecule has 0 bridgehead atoms. The number of esters is 1. The zero-order valence-electron chi connectivity index (χ0n) is 12.8. The monoisotopic (exact) mass is 377 g/mol. The van der Waals surface area contributed by atoms with Crippen LogP contribution in [0, 0.1) is 12.8 Å². The van der Waals surface area contributed by atoms with Gasteiger partial charge in [-0.25, -0.2) is 0 Å². The molecule has 7 heteroatoms. The number of aryl methyl sites for hydroxylation is 1. The van der Waals surface area contributed by atoms with Crippen LogP contribution < -0.4 is 4.90 Å². The van der Waals surface area contributed by atoms with Gasteiger partial charge in [0.05, 0.1) is 13.0 Å². The van der Waals surface area contributed by atoms with Gasteiger partial charge in [0.25, 0.3) is 0 Å². The van der Waals surface area contributed by atoms with Gasteiger partial charge in [-0.2, -0.15) is 5.10 Å². The Hall–Kier alpha value is -2.15. The van der Waals surface area contributed by atoms with Gasteiger partial charge in [0.15, 0.2) is 5.82 Å². The lowest BCUT2D eigenvalue weighted by Gasteiger charge is -2.15. The van der Waals surface area contributed by atoms with E-state index in [1.54, 1.807) is 4.90 Å². The molecule has 0 radical (unpaired) electrons. The number of hydrogen-bond acceptors (Lipinski definition) is 4. The first-order chi connectivity index (χ1) is 11.0. The second-order valence-electron chi connectivity index (χ2n) is 5.48. The standard InChI is InChI=1S/C16H16BrN3O3/c1-9-14(10-3-5-12(17)6-4-10)15(19-18-9)20-8-11(7-13(20)21)16(22)23-2/h3-6,11H,7-8H2,1-2H3,(H,18,19). The molecule has 1 aliphatic rings. The third-order valence-corrected chi connectivity index (χ3v) is 4.50. The van der Waals surface area contributed by atoms with E-state index in [1.807, 2.05) is 31.2 Å². The zero-order valence-corrected chi connectivity index (χ0v) is 14.4. The molecule has 23 heavy (non-hydrogen) atoms. The molecule has 2 heterocycles. The fraction of sp³-hybridized carbons (Fsp3) is 0.312. The molecule has 1 aromatic carbocycles. The number of aromatic nitrogens is 2. The van der Waals surface area contributed by atoms with E-state index < -0.39 is 5.92 Å². The van der Waals surface area contributed by atoms with Crippen molar-refractivity contribution in [1.82, 2.24) is 10.2 Å². The molecular weight excluding hydrogens is 362 g/mol. The van der Waals surface area contributed by atoms with E-state index in [9.17, 15) is 9.59 Å². The quantitative estimate of drug-likeness (QED) is 0.834. The van der Waals surface area contributed by atoms with Crippen molar-refractivity contribution in [2.24, 2.45) is 5.92 Å². The number of nitrogens with zero attached hydrogens (tertiary/aromatic N) is 2. The maximum atomic E-state index is 12.3. The number of methoxy groups -OCH3 is 1. The predicted molar refractivity (Wildman–Crippen MR) is 88.9 cm³/mol. The highest BCUT2D eigenvalue weighted by molar-refractivity contribution is 9.10. The van der Waals surface area contributed by atoms with Gasteiger partial charge in [0.1, 0.15) is 0 Å². The molecule has 1 amide bonds. The number of nitrogens with one attached hydrogen (secondary N) is 1.